The van der Waals surface area contributed by atoms with Crippen LogP contribution >= 0.6 is 0 Å². The van der Waals surface area contributed by atoms with Crippen molar-refractivity contribution in [1.82, 2.24) is 19.6 Å². The van der Waals surface area contributed by atoms with E-state index < -0.39 is 0 Å². The quantitative estimate of drug-likeness (QED) is 0.798. The number of aromatic nitrogens is 4. The van der Waals surface area contributed by atoms with Crippen molar-refractivity contribution in [2.24, 2.45) is 7.05 Å². The van der Waals surface area contributed by atoms with E-state index in [0.29, 0.717) is 13.0 Å². The molecule has 1 aliphatic heterocycles. The average Bonchev–Trinajstić information content (AvgIpc) is 3.21. The summed E-state index contributed by atoms with van der Waals surface area (Å²) in [7, 11) is 1.87. The standard InChI is InChI=1S/C15H15N5O2/c1-19-8-10(6-16-19)12-5-14(21)18-15-13(12)7-17-20(15)9-11-3-2-4-22-11/h2-4,6-8,12H,5,9H2,1H3,(H,18,21)/t12-/m0/s1. The van der Waals surface area contributed by atoms with Gasteiger partial charge in [0.15, 0.2) is 0 Å². The summed E-state index contributed by atoms with van der Waals surface area (Å²) in [6.07, 6.45) is 7.59. The zero-order valence-electron chi connectivity index (χ0n) is 12.1. The molecule has 112 valence electrons. The van der Waals surface area contributed by atoms with Gasteiger partial charge in [0.2, 0.25) is 5.91 Å². The minimum atomic E-state index is -0.0115. The van der Waals surface area contributed by atoms with Gasteiger partial charge in [0, 0.05) is 31.1 Å². The number of amides is 1. The minimum absolute atomic E-state index is 0.0113. The molecule has 0 aliphatic carbocycles. The number of hydrogen-bond acceptors (Lipinski definition) is 4. The average molecular weight is 297 g/mol. The fourth-order valence-electron chi connectivity index (χ4n) is 2.86. The summed E-state index contributed by atoms with van der Waals surface area (Å²) in [4.78, 5) is 12.1. The number of fused-ring (bicyclic) bond motifs is 1. The molecule has 0 aromatic carbocycles. The summed E-state index contributed by atoms with van der Waals surface area (Å²) in [6, 6.07) is 3.72. The zero-order chi connectivity index (χ0) is 15.1. The monoisotopic (exact) mass is 297 g/mol. The topological polar surface area (TPSA) is 77.9 Å². The Bertz CT molecular complexity index is 815. The van der Waals surface area contributed by atoms with E-state index in [9.17, 15) is 4.79 Å². The van der Waals surface area contributed by atoms with E-state index in [1.165, 1.54) is 0 Å². The lowest BCUT2D eigenvalue weighted by atomic mass is 9.89. The van der Waals surface area contributed by atoms with Crippen LogP contribution < -0.4 is 5.32 Å². The van der Waals surface area contributed by atoms with Gasteiger partial charge >= 0.3 is 0 Å². The maximum Gasteiger partial charge on any atom is 0.226 e. The number of aryl methyl sites for hydroxylation is 1. The van der Waals surface area contributed by atoms with Crippen LogP contribution in [-0.4, -0.2) is 25.5 Å². The summed E-state index contributed by atoms with van der Waals surface area (Å²) < 4.78 is 8.86. The molecular weight excluding hydrogens is 282 g/mol. The number of nitrogens with zero attached hydrogens (tertiary/aromatic N) is 4. The van der Waals surface area contributed by atoms with Crippen molar-refractivity contribution in [1.29, 1.82) is 0 Å². The molecule has 0 saturated heterocycles. The van der Waals surface area contributed by atoms with Gasteiger partial charge in [-0.05, 0) is 17.7 Å². The highest BCUT2D eigenvalue weighted by atomic mass is 16.3. The van der Waals surface area contributed by atoms with E-state index >= 15 is 0 Å². The molecule has 0 radical (unpaired) electrons. The van der Waals surface area contributed by atoms with Crippen LogP contribution in [0, 0.1) is 0 Å². The van der Waals surface area contributed by atoms with Crippen LogP contribution in [0.4, 0.5) is 5.82 Å². The largest absolute Gasteiger partial charge is 0.467 e. The lowest BCUT2D eigenvalue weighted by Crippen LogP contribution is -2.24. The van der Waals surface area contributed by atoms with Crippen molar-refractivity contribution in [2.45, 2.75) is 18.9 Å². The summed E-state index contributed by atoms with van der Waals surface area (Å²) in [5.41, 5.74) is 2.04. The SMILES string of the molecule is Cn1cc([C@@H]2CC(=O)Nc3c2cnn3Cc2ccco2)cn1. The molecule has 4 rings (SSSR count). The van der Waals surface area contributed by atoms with Gasteiger partial charge < -0.3 is 9.73 Å². The number of anilines is 1. The smallest absolute Gasteiger partial charge is 0.226 e. The third-order valence-electron chi connectivity index (χ3n) is 3.90. The summed E-state index contributed by atoms with van der Waals surface area (Å²) >= 11 is 0. The fourth-order valence-corrected chi connectivity index (χ4v) is 2.86. The first-order chi connectivity index (χ1) is 10.7. The Balaban J connectivity index is 1.72. The predicted octanol–water partition coefficient (Wildman–Crippen LogP) is 1.73. The summed E-state index contributed by atoms with van der Waals surface area (Å²) in [6.45, 7) is 0.488. The first-order valence-corrected chi connectivity index (χ1v) is 7.07. The molecule has 3 aromatic rings. The van der Waals surface area contributed by atoms with Gasteiger partial charge in [-0.25, -0.2) is 4.68 Å². The normalized spacial score (nSPS) is 17.3. The molecule has 1 amide bonds. The van der Waals surface area contributed by atoms with E-state index in [1.54, 1.807) is 21.8 Å². The molecule has 1 atom stereocenters. The van der Waals surface area contributed by atoms with E-state index in [1.807, 2.05) is 31.6 Å². The zero-order valence-corrected chi connectivity index (χ0v) is 12.1. The Labute approximate surface area is 126 Å². The molecule has 7 nitrogen and oxygen atoms in total. The highest BCUT2D eigenvalue weighted by Gasteiger charge is 2.30. The second-order valence-electron chi connectivity index (χ2n) is 5.44. The van der Waals surface area contributed by atoms with Gasteiger partial charge in [-0.2, -0.15) is 10.2 Å². The Morgan fingerprint density at radius 3 is 3.05 bits per heavy atom. The third kappa shape index (κ3) is 2.11. The molecule has 0 bridgehead atoms. The van der Waals surface area contributed by atoms with Crippen LogP contribution in [0.2, 0.25) is 0 Å². The van der Waals surface area contributed by atoms with Crippen molar-refractivity contribution >= 4 is 11.7 Å². The molecule has 1 N–H and O–H groups in total. The van der Waals surface area contributed by atoms with E-state index in [4.69, 9.17) is 4.42 Å². The third-order valence-corrected chi connectivity index (χ3v) is 3.90. The second kappa shape index (κ2) is 4.87. The molecule has 3 aromatic heterocycles. The number of hydrogen-bond donors (Lipinski definition) is 1. The number of furan rings is 1. The lowest BCUT2D eigenvalue weighted by molar-refractivity contribution is -0.116. The number of nitrogens with one attached hydrogen (secondary N) is 1. The molecule has 0 unspecified atom stereocenters. The molecule has 1 aliphatic rings. The maximum absolute atomic E-state index is 12.1. The molecule has 7 heteroatoms. The van der Waals surface area contributed by atoms with Gasteiger partial charge in [-0.1, -0.05) is 0 Å². The van der Waals surface area contributed by atoms with E-state index in [2.05, 4.69) is 15.5 Å². The second-order valence-corrected chi connectivity index (χ2v) is 5.44. The summed E-state index contributed by atoms with van der Waals surface area (Å²) in [5.74, 6) is 1.51. The Morgan fingerprint density at radius 2 is 2.32 bits per heavy atom. The van der Waals surface area contributed by atoms with Crippen molar-refractivity contribution in [3.63, 3.8) is 0 Å². The van der Waals surface area contributed by atoms with Crippen molar-refractivity contribution in [3.8, 4) is 0 Å². The van der Waals surface area contributed by atoms with Crippen LogP contribution in [0.15, 0.2) is 41.4 Å². The summed E-state index contributed by atoms with van der Waals surface area (Å²) in [5, 5.41) is 11.5. The van der Waals surface area contributed by atoms with Crippen LogP contribution in [0.5, 0.6) is 0 Å². The van der Waals surface area contributed by atoms with Gasteiger partial charge in [-0.3, -0.25) is 9.48 Å². The molecule has 0 saturated carbocycles. The van der Waals surface area contributed by atoms with E-state index in [0.717, 1.165) is 22.7 Å². The van der Waals surface area contributed by atoms with Crippen LogP contribution in [0.1, 0.15) is 29.2 Å². The van der Waals surface area contributed by atoms with Crippen LogP contribution in [0.3, 0.4) is 0 Å². The van der Waals surface area contributed by atoms with Crippen molar-refractivity contribution in [3.05, 3.63) is 53.9 Å². The highest BCUT2D eigenvalue weighted by Crippen LogP contribution is 2.36. The molecule has 0 spiro atoms. The lowest BCUT2D eigenvalue weighted by Gasteiger charge is -2.22. The number of carbonyl (C=O) groups excluding carboxylic acids is 1. The van der Waals surface area contributed by atoms with Gasteiger partial charge in [0.1, 0.15) is 18.1 Å². The van der Waals surface area contributed by atoms with Crippen LogP contribution in [-0.2, 0) is 18.4 Å². The van der Waals surface area contributed by atoms with Crippen LogP contribution in [0.25, 0.3) is 0 Å². The molecule has 4 heterocycles. The Kier molecular flexibility index (Phi) is 2.85. The maximum atomic E-state index is 12.1. The Hall–Kier alpha value is -2.83. The highest BCUT2D eigenvalue weighted by molar-refractivity contribution is 5.94. The van der Waals surface area contributed by atoms with Gasteiger partial charge in [0.05, 0.1) is 18.7 Å². The van der Waals surface area contributed by atoms with Crippen molar-refractivity contribution in [2.75, 3.05) is 5.32 Å². The number of rotatable bonds is 3. The number of carbonyl (C=O) groups is 1. The van der Waals surface area contributed by atoms with E-state index in [-0.39, 0.29) is 11.8 Å². The fraction of sp³-hybridized carbons (Fsp3) is 0.267. The first kappa shape index (κ1) is 12.9. The molecular formula is C15H15N5O2. The minimum Gasteiger partial charge on any atom is -0.467 e. The predicted molar refractivity (Wildman–Crippen MR) is 78.3 cm³/mol. The van der Waals surface area contributed by atoms with Gasteiger partial charge in [-0.15, -0.1) is 0 Å². The molecule has 0 fully saturated rings. The Morgan fingerprint density at radius 1 is 1.41 bits per heavy atom. The van der Waals surface area contributed by atoms with Crippen molar-refractivity contribution < 1.29 is 9.21 Å². The first-order valence-electron chi connectivity index (χ1n) is 7.07. The van der Waals surface area contributed by atoms with Gasteiger partial charge in [0.25, 0.3) is 0 Å². The molecule has 22 heavy (non-hydrogen) atoms.